The zero-order valence-corrected chi connectivity index (χ0v) is 8.89. The van der Waals surface area contributed by atoms with Crippen molar-refractivity contribution in [1.29, 1.82) is 0 Å². The van der Waals surface area contributed by atoms with E-state index < -0.39 is 0 Å². The molecule has 1 aromatic heterocycles. The van der Waals surface area contributed by atoms with Gasteiger partial charge in [-0.25, -0.2) is 4.98 Å². The van der Waals surface area contributed by atoms with Crippen LogP contribution in [0.2, 0.25) is 0 Å². The van der Waals surface area contributed by atoms with Crippen LogP contribution in [0.15, 0.2) is 12.4 Å². The number of rotatable bonds is 2. The molecule has 82 valence electrons. The molecular formula is C10H16N4O. The molecule has 2 N–H and O–H groups in total. The van der Waals surface area contributed by atoms with Crippen LogP contribution in [-0.2, 0) is 7.05 Å². The van der Waals surface area contributed by atoms with Crippen molar-refractivity contribution in [2.75, 3.05) is 13.1 Å². The molecule has 1 aliphatic rings. The van der Waals surface area contributed by atoms with Crippen LogP contribution in [0, 0.1) is 0 Å². The number of hydrogen-bond acceptors (Lipinski definition) is 3. The van der Waals surface area contributed by atoms with Gasteiger partial charge < -0.3 is 15.2 Å². The molecule has 0 saturated carbocycles. The molecule has 5 heteroatoms. The zero-order valence-electron chi connectivity index (χ0n) is 8.89. The standard InChI is InChI=1S/C10H16N4O/c1-13-6-4-12-9(13)10(15)14-5-2-3-8(14)7-11/h4,6,8H,2-3,5,7,11H2,1H3. The summed E-state index contributed by atoms with van der Waals surface area (Å²) in [6.07, 6.45) is 5.46. The minimum absolute atomic E-state index is 0.00421. The third kappa shape index (κ3) is 1.74. The number of carbonyl (C=O) groups excluding carboxylic acids is 1. The number of aromatic nitrogens is 2. The first-order chi connectivity index (χ1) is 7.24. The maximum absolute atomic E-state index is 12.1. The first-order valence-corrected chi connectivity index (χ1v) is 5.22. The molecule has 1 aliphatic heterocycles. The zero-order chi connectivity index (χ0) is 10.8. The van der Waals surface area contributed by atoms with Gasteiger partial charge in [-0.3, -0.25) is 4.79 Å². The molecule has 1 amide bonds. The monoisotopic (exact) mass is 208 g/mol. The largest absolute Gasteiger partial charge is 0.332 e. The van der Waals surface area contributed by atoms with Crippen molar-refractivity contribution in [2.45, 2.75) is 18.9 Å². The Hall–Kier alpha value is -1.36. The Labute approximate surface area is 88.9 Å². The summed E-state index contributed by atoms with van der Waals surface area (Å²) in [5, 5.41) is 0. The number of nitrogens with two attached hydrogens (primary N) is 1. The Morgan fingerprint density at radius 2 is 2.53 bits per heavy atom. The molecular weight excluding hydrogens is 192 g/mol. The summed E-state index contributed by atoms with van der Waals surface area (Å²) in [4.78, 5) is 18.0. The summed E-state index contributed by atoms with van der Waals surface area (Å²) < 4.78 is 1.74. The van der Waals surface area contributed by atoms with Crippen LogP contribution in [0.4, 0.5) is 0 Å². The SMILES string of the molecule is Cn1ccnc1C(=O)N1CCCC1CN. The molecule has 0 aromatic carbocycles. The highest BCUT2D eigenvalue weighted by Gasteiger charge is 2.29. The number of imidazole rings is 1. The van der Waals surface area contributed by atoms with E-state index in [4.69, 9.17) is 5.73 Å². The van der Waals surface area contributed by atoms with Crippen molar-refractivity contribution >= 4 is 5.91 Å². The van der Waals surface area contributed by atoms with Gasteiger partial charge in [0.25, 0.3) is 5.91 Å². The lowest BCUT2D eigenvalue weighted by Crippen LogP contribution is -2.40. The van der Waals surface area contributed by atoms with E-state index in [2.05, 4.69) is 4.98 Å². The van der Waals surface area contributed by atoms with Crippen molar-refractivity contribution in [3.8, 4) is 0 Å². The Balaban J connectivity index is 2.18. The molecule has 1 unspecified atom stereocenters. The predicted octanol–water partition coefficient (Wildman–Crippen LogP) is -0.0166. The van der Waals surface area contributed by atoms with E-state index in [9.17, 15) is 4.79 Å². The molecule has 15 heavy (non-hydrogen) atoms. The van der Waals surface area contributed by atoms with Crippen molar-refractivity contribution in [2.24, 2.45) is 12.8 Å². The van der Waals surface area contributed by atoms with Gasteiger partial charge in [0.15, 0.2) is 5.82 Å². The van der Waals surface area contributed by atoms with E-state index in [0.717, 1.165) is 19.4 Å². The van der Waals surface area contributed by atoms with E-state index in [1.165, 1.54) is 0 Å². The molecule has 1 aromatic rings. The first kappa shape index (κ1) is 10.2. The number of carbonyl (C=O) groups is 1. The summed E-state index contributed by atoms with van der Waals surface area (Å²) in [6.45, 7) is 1.34. The Kier molecular flexibility index (Phi) is 2.73. The van der Waals surface area contributed by atoms with Crippen molar-refractivity contribution < 1.29 is 4.79 Å². The lowest BCUT2D eigenvalue weighted by molar-refractivity contribution is 0.0725. The second kappa shape index (κ2) is 4.02. The van der Waals surface area contributed by atoms with Crippen molar-refractivity contribution in [3.05, 3.63) is 18.2 Å². The number of hydrogen-bond donors (Lipinski definition) is 1. The highest BCUT2D eigenvalue weighted by atomic mass is 16.2. The van der Waals surface area contributed by atoms with E-state index in [-0.39, 0.29) is 11.9 Å². The molecule has 2 heterocycles. The van der Waals surface area contributed by atoms with Crippen LogP contribution in [0.3, 0.4) is 0 Å². The second-order valence-electron chi connectivity index (χ2n) is 3.89. The van der Waals surface area contributed by atoms with Gasteiger partial charge in [0, 0.05) is 38.6 Å². The molecule has 1 atom stereocenters. The number of likely N-dealkylation sites (tertiary alicyclic amines) is 1. The molecule has 0 aliphatic carbocycles. The maximum Gasteiger partial charge on any atom is 0.290 e. The van der Waals surface area contributed by atoms with E-state index in [1.54, 1.807) is 17.0 Å². The lowest BCUT2D eigenvalue weighted by atomic mass is 10.2. The third-order valence-electron chi connectivity index (χ3n) is 2.92. The van der Waals surface area contributed by atoms with Crippen LogP contribution >= 0.6 is 0 Å². The molecule has 0 bridgehead atoms. The van der Waals surface area contributed by atoms with Gasteiger partial charge >= 0.3 is 0 Å². The maximum atomic E-state index is 12.1. The molecule has 1 saturated heterocycles. The number of aryl methyl sites for hydroxylation is 1. The van der Waals surface area contributed by atoms with E-state index in [1.807, 2.05) is 11.9 Å². The summed E-state index contributed by atoms with van der Waals surface area (Å²) in [5.74, 6) is 0.491. The Morgan fingerprint density at radius 1 is 1.73 bits per heavy atom. The van der Waals surface area contributed by atoms with Gasteiger partial charge in [-0.15, -0.1) is 0 Å². The van der Waals surface area contributed by atoms with E-state index >= 15 is 0 Å². The summed E-state index contributed by atoms with van der Waals surface area (Å²) in [6, 6.07) is 0.189. The third-order valence-corrected chi connectivity index (χ3v) is 2.92. The average Bonchev–Trinajstić information content (AvgIpc) is 2.84. The summed E-state index contributed by atoms with van der Waals surface area (Å²) in [7, 11) is 1.83. The molecule has 0 radical (unpaired) electrons. The highest BCUT2D eigenvalue weighted by Crippen LogP contribution is 2.18. The molecule has 0 spiro atoms. The van der Waals surface area contributed by atoms with Gasteiger partial charge in [0.1, 0.15) is 0 Å². The normalized spacial score (nSPS) is 20.9. The van der Waals surface area contributed by atoms with Gasteiger partial charge in [0.05, 0.1) is 0 Å². The minimum atomic E-state index is -0.00421. The van der Waals surface area contributed by atoms with Crippen LogP contribution in [-0.4, -0.2) is 39.5 Å². The van der Waals surface area contributed by atoms with Crippen LogP contribution < -0.4 is 5.73 Å². The fourth-order valence-electron chi connectivity index (χ4n) is 2.05. The van der Waals surface area contributed by atoms with Crippen molar-refractivity contribution in [3.63, 3.8) is 0 Å². The predicted molar refractivity (Wildman–Crippen MR) is 56.3 cm³/mol. The van der Waals surface area contributed by atoms with Crippen LogP contribution in [0.25, 0.3) is 0 Å². The van der Waals surface area contributed by atoms with Crippen LogP contribution in [0.5, 0.6) is 0 Å². The smallest absolute Gasteiger partial charge is 0.290 e. The molecule has 2 rings (SSSR count). The first-order valence-electron chi connectivity index (χ1n) is 5.22. The van der Waals surface area contributed by atoms with E-state index in [0.29, 0.717) is 12.4 Å². The molecule has 5 nitrogen and oxygen atoms in total. The summed E-state index contributed by atoms with van der Waals surface area (Å²) >= 11 is 0. The van der Waals surface area contributed by atoms with Gasteiger partial charge in [-0.1, -0.05) is 0 Å². The van der Waals surface area contributed by atoms with Gasteiger partial charge in [-0.05, 0) is 12.8 Å². The quantitative estimate of drug-likeness (QED) is 0.743. The number of amides is 1. The fourth-order valence-corrected chi connectivity index (χ4v) is 2.05. The molecule has 1 fully saturated rings. The average molecular weight is 208 g/mol. The van der Waals surface area contributed by atoms with Gasteiger partial charge in [-0.2, -0.15) is 0 Å². The number of nitrogens with zero attached hydrogens (tertiary/aromatic N) is 3. The van der Waals surface area contributed by atoms with Crippen LogP contribution in [0.1, 0.15) is 23.5 Å². The van der Waals surface area contributed by atoms with Gasteiger partial charge in [0.2, 0.25) is 0 Å². The fraction of sp³-hybridized carbons (Fsp3) is 0.600. The topological polar surface area (TPSA) is 64.2 Å². The lowest BCUT2D eigenvalue weighted by Gasteiger charge is -2.22. The Bertz CT molecular complexity index is 360. The summed E-state index contributed by atoms with van der Waals surface area (Å²) in [5.41, 5.74) is 5.63. The second-order valence-corrected chi connectivity index (χ2v) is 3.89. The Morgan fingerprint density at radius 3 is 3.13 bits per heavy atom. The minimum Gasteiger partial charge on any atom is -0.332 e. The van der Waals surface area contributed by atoms with Crippen molar-refractivity contribution in [1.82, 2.24) is 14.5 Å². The highest BCUT2D eigenvalue weighted by molar-refractivity contribution is 5.91.